The maximum atomic E-state index is 8.79. The van der Waals surface area contributed by atoms with Crippen molar-refractivity contribution in [3.05, 3.63) is 42.0 Å². The van der Waals surface area contributed by atoms with Gasteiger partial charge in [0.1, 0.15) is 0 Å². The molecule has 0 saturated carbocycles. The summed E-state index contributed by atoms with van der Waals surface area (Å²) in [5, 5.41) is 12.2. The van der Waals surface area contributed by atoms with E-state index in [0.29, 0.717) is 5.56 Å². The molecular weight excluding hydrogens is 196 g/mol. The van der Waals surface area contributed by atoms with Crippen LogP contribution in [0.25, 0.3) is 0 Å². The van der Waals surface area contributed by atoms with Gasteiger partial charge >= 0.3 is 0 Å². The van der Waals surface area contributed by atoms with Crippen LogP contribution < -0.4 is 5.32 Å². The van der Waals surface area contributed by atoms with Gasteiger partial charge in [-0.15, -0.1) is 0 Å². The number of anilines is 1. The third kappa shape index (κ3) is 2.87. The highest BCUT2D eigenvalue weighted by atomic mass is 14.9. The van der Waals surface area contributed by atoms with Crippen molar-refractivity contribution in [3.63, 3.8) is 0 Å². The Morgan fingerprint density at radius 1 is 1.38 bits per heavy atom. The summed E-state index contributed by atoms with van der Waals surface area (Å²) in [4.78, 5) is 0. The Morgan fingerprint density at radius 3 is 3.06 bits per heavy atom. The lowest BCUT2D eigenvalue weighted by Crippen LogP contribution is -2.15. The summed E-state index contributed by atoms with van der Waals surface area (Å²) in [6.07, 6.45) is 8.16. The van der Waals surface area contributed by atoms with Crippen molar-refractivity contribution in [1.29, 1.82) is 5.26 Å². The molecule has 1 aromatic carbocycles. The second-order valence-electron chi connectivity index (χ2n) is 4.22. The first kappa shape index (κ1) is 10.8. The van der Waals surface area contributed by atoms with Crippen molar-refractivity contribution >= 4 is 5.69 Å². The van der Waals surface area contributed by atoms with Crippen LogP contribution in [0.5, 0.6) is 0 Å². The number of nitrogens with zero attached hydrogens (tertiary/aromatic N) is 1. The Morgan fingerprint density at radius 2 is 2.31 bits per heavy atom. The summed E-state index contributed by atoms with van der Waals surface area (Å²) >= 11 is 0. The molecule has 2 rings (SSSR count). The van der Waals surface area contributed by atoms with Crippen LogP contribution in [0.3, 0.4) is 0 Å². The fraction of sp³-hybridized carbons (Fsp3) is 0.357. The molecular formula is C14H16N2. The Kier molecular flexibility index (Phi) is 3.61. The van der Waals surface area contributed by atoms with Gasteiger partial charge in [-0.05, 0) is 43.4 Å². The molecule has 0 radical (unpaired) electrons. The molecule has 16 heavy (non-hydrogen) atoms. The van der Waals surface area contributed by atoms with E-state index in [9.17, 15) is 0 Å². The van der Waals surface area contributed by atoms with Gasteiger partial charge in [0, 0.05) is 12.2 Å². The van der Waals surface area contributed by atoms with Crippen molar-refractivity contribution in [2.45, 2.75) is 19.3 Å². The van der Waals surface area contributed by atoms with Crippen molar-refractivity contribution < 1.29 is 0 Å². The molecule has 1 aromatic rings. The van der Waals surface area contributed by atoms with Gasteiger partial charge in [0.2, 0.25) is 0 Å². The Bertz CT molecular complexity index is 415. The minimum Gasteiger partial charge on any atom is -0.385 e. The molecule has 0 saturated heterocycles. The van der Waals surface area contributed by atoms with E-state index in [0.717, 1.165) is 18.2 Å². The zero-order valence-electron chi connectivity index (χ0n) is 9.32. The highest BCUT2D eigenvalue weighted by Gasteiger charge is 2.09. The Hall–Kier alpha value is -1.75. The molecule has 0 heterocycles. The van der Waals surface area contributed by atoms with Crippen LogP contribution in [-0.2, 0) is 0 Å². The summed E-state index contributed by atoms with van der Waals surface area (Å²) in [5.41, 5.74) is 1.77. The monoisotopic (exact) mass is 212 g/mol. The lowest BCUT2D eigenvalue weighted by Gasteiger charge is -2.18. The van der Waals surface area contributed by atoms with E-state index < -0.39 is 0 Å². The maximum Gasteiger partial charge on any atom is 0.0992 e. The topological polar surface area (TPSA) is 35.8 Å². The van der Waals surface area contributed by atoms with Crippen LogP contribution in [0.1, 0.15) is 24.8 Å². The fourth-order valence-electron chi connectivity index (χ4n) is 2.00. The van der Waals surface area contributed by atoms with Crippen LogP contribution >= 0.6 is 0 Å². The van der Waals surface area contributed by atoms with Gasteiger partial charge in [-0.3, -0.25) is 0 Å². The normalized spacial score (nSPS) is 19.1. The molecule has 0 amide bonds. The van der Waals surface area contributed by atoms with E-state index >= 15 is 0 Å². The summed E-state index contributed by atoms with van der Waals surface area (Å²) in [7, 11) is 0. The second-order valence-corrected chi connectivity index (χ2v) is 4.22. The molecule has 0 aliphatic heterocycles. The molecule has 1 unspecified atom stereocenters. The molecule has 0 aromatic heterocycles. The Balaban J connectivity index is 1.89. The molecule has 0 fully saturated rings. The number of hydrogen-bond donors (Lipinski definition) is 1. The molecule has 0 spiro atoms. The lowest BCUT2D eigenvalue weighted by molar-refractivity contribution is 0.504. The van der Waals surface area contributed by atoms with E-state index in [2.05, 4.69) is 23.5 Å². The SMILES string of the molecule is N#Cc1cccc(NCC2CC=CCC2)c1. The highest BCUT2D eigenvalue weighted by Crippen LogP contribution is 2.19. The number of rotatable bonds is 3. The van der Waals surface area contributed by atoms with Crippen LogP contribution in [-0.4, -0.2) is 6.54 Å². The average Bonchev–Trinajstić information content (AvgIpc) is 2.38. The molecule has 82 valence electrons. The number of benzene rings is 1. The van der Waals surface area contributed by atoms with Crippen molar-refractivity contribution in [2.24, 2.45) is 5.92 Å². The fourth-order valence-corrected chi connectivity index (χ4v) is 2.00. The summed E-state index contributed by atoms with van der Waals surface area (Å²) < 4.78 is 0. The van der Waals surface area contributed by atoms with E-state index in [1.165, 1.54) is 19.3 Å². The zero-order chi connectivity index (χ0) is 11.2. The van der Waals surface area contributed by atoms with Gasteiger partial charge in [-0.25, -0.2) is 0 Å². The number of nitriles is 1. The molecule has 2 heteroatoms. The minimum absolute atomic E-state index is 0.716. The number of allylic oxidation sites excluding steroid dienone is 2. The third-order valence-corrected chi connectivity index (χ3v) is 2.96. The molecule has 1 aliphatic rings. The zero-order valence-corrected chi connectivity index (χ0v) is 9.32. The first-order valence-electron chi connectivity index (χ1n) is 5.77. The molecule has 2 nitrogen and oxygen atoms in total. The van der Waals surface area contributed by atoms with Crippen LogP contribution in [0.15, 0.2) is 36.4 Å². The second kappa shape index (κ2) is 5.37. The molecule has 1 aliphatic carbocycles. The van der Waals surface area contributed by atoms with Gasteiger partial charge in [0.25, 0.3) is 0 Å². The van der Waals surface area contributed by atoms with Gasteiger partial charge in [0.05, 0.1) is 11.6 Å². The van der Waals surface area contributed by atoms with Crippen LogP contribution in [0, 0.1) is 17.2 Å². The predicted octanol–water partition coefficient (Wildman–Crippen LogP) is 3.33. The van der Waals surface area contributed by atoms with Crippen molar-refractivity contribution in [2.75, 3.05) is 11.9 Å². The van der Waals surface area contributed by atoms with Gasteiger partial charge in [0.15, 0.2) is 0 Å². The van der Waals surface area contributed by atoms with Crippen LogP contribution in [0.4, 0.5) is 5.69 Å². The van der Waals surface area contributed by atoms with Gasteiger partial charge < -0.3 is 5.32 Å². The lowest BCUT2D eigenvalue weighted by atomic mass is 9.94. The highest BCUT2D eigenvalue weighted by molar-refractivity contribution is 5.49. The summed E-state index contributed by atoms with van der Waals surface area (Å²) in [6.45, 7) is 0.999. The summed E-state index contributed by atoms with van der Waals surface area (Å²) in [5.74, 6) is 0.732. The Labute approximate surface area is 96.6 Å². The van der Waals surface area contributed by atoms with E-state index in [1.807, 2.05) is 24.3 Å². The molecule has 1 atom stereocenters. The minimum atomic E-state index is 0.716. The van der Waals surface area contributed by atoms with Crippen molar-refractivity contribution in [3.8, 4) is 6.07 Å². The van der Waals surface area contributed by atoms with E-state index in [4.69, 9.17) is 5.26 Å². The third-order valence-electron chi connectivity index (χ3n) is 2.96. The standard InChI is InChI=1S/C14H16N2/c15-10-13-7-4-8-14(9-13)16-11-12-5-2-1-3-6-12/h1-2,4,7-9,12,16H,3,5-6,11H2. The van der Waals surface area contributed by atoms with Crippen LogP contribution in [0.2, 0.25) is 0 Å². The largest absolute Gasteiger partial charge is 0.385 e. The smallest absolute Gasteiger partial charge is 0.0992 e. The summed E-state index contributed by atoms with van der Waals surface area (Å²) in [6, 6.07) is 9.82. The average molecular weight is 212 g/mol. The van der Waals surface area contributed by atoms with E-state index in [-0.39, 0.29) is 0 Å². The number of hydrogen-bond acceptors (Lipinski definition) is 2. The first-order chi connectivity index (χ1) is 7.88. The predicted molar refractivity (Wildman–Crippen MR) is 66.1 cm³/mol. The first-order valence-corrected chi connectivity index (χ1v) is 5.77. The van der Waals surface area contributed by atoms with E-state index in [1.54, 1.807) is 0 Å². The van der Waals surface area contributed by atoms with Gasteiger partial charge in [-0.2, -0.15) is 5.26 Å². The van der Waals surface area contributed by atoms with Gasteiger partial charge in [-0.1, -0.05) is 18.2 Å². The quantitative estimate of drug-likeness (QED) is 0.780. The van der Waals surface area contributed by atoms with Crippen molar-refractivity contribution in [1.82, 2.24) is 0 Å². The maximum absolute atomic E-state index is 8.79. The number of nitrogens with one attached hydrogen (secondary N) is 1. The molecule has 1 N–H and O–H groups in total. The molecule has 0 bridgehead atoms.